The Morgan fingerprint density at radius 3 is 2.42 bits per heavy atom. The van der Waals surface area contributed by atoms with E-state index >= 15 is 0 Å². The monoisotopic (exact) mass is 459 g/mol. The van der Waals surface area contributed by atoms with Crippen LogP contribution in [0.4, 0.5) is 13.2 Å². The minimum Gasteiger partial charge on any atom is -0.339 e. The van der Waals surface area contributed by atoms with Crippen molar-refractivity contribution in [2.45, 2.75) is 25.9 Å². The molecule has 174 valence electrons. The van der Waals surface area contributed by atoms with Gasteiger partial charge >= 0.3 is 6.18 Å². The Morgan fingerprint density at radius 1 is 1.06 bits per heavy atom. The summed E-state index contributed by atoms with van der Waals surface area (Å²) >= 11 is 0. The normalized spacial score (nSPS) is 15.1. The van der Waals surface area contributed by atoms with Gasteiger partial charge in [-0.1, -0.05) is 35.0 Å². The van der Waals surface area contributed by atoms with Gasteiger partial charge in [-0.3, -0.25) is 14.7 Å². The number of alkyl halides is 3. The second kappa shape index (κ2) is 9.70. The van der Waals surface area contributed by atoms with Crippen LogP contribution in [0.15, 0.2) is 47.1 Å². The van der Waals surface area contributed by atoms with E-state index in [-0.39, 0.29) is 11.5 Å². The molecule has 1 amide bonds. The van der Waals surface area contributed by atoms with Crippen molar-refractivity contribution in [2.75, 3.05) is 32.7 Å². The molecule has 10 heteroatoms. The molecule has 1 fully saturated rings. The highest BCUT2D eigenvalue weighted by atomic mass is 19.4. The number of piperazine rings is 1. The van der Waals surface area contributed by atoms with Crippen LogP contribution in [0.25, 0.3) is 11.4 Å². The van der Waals surface area contributed by atoms with Crippen LogP contribution in [0.2, 0.25) is 0 Å². The van der Waals surface area contributed by atoms with E-state index in [9.17, 15) is 18.0 Å². The maximum absolute atomic E-state index is 12.6. The van der Waals surface area contributed by atoms with Crippen molar-refractivity contribution >= 4 is 5.91 Å². The number of aromatic nitrogens is 3. The average molecular weight is 459 g/mol. The molecule has 1 aliphatic rings. The zero-order valence-electron chi connectivity index (χ0n) is 18.2. The van der Waals surface area contributed by atoms with E-state index in [1.807, 2.05) is 31.2 Å². The van der Waals surface area contributed by atoms with Crippen LogP contribution in [-0.4, -0.2) is 63.6 Å². The maximum Gasteiger partial charge on any atom is 0.433 e. The maximum atomic E-state index is 12.6. The summed E-state index contributed by atoms with van der Waals surface area (Å²) in [5, 5.41) is 4.05. The van der Waals surface area contributed by atoms with Gasteiger partial charge < -0.3 is 9.42 Å². The van der Waals surface area contributed by atoms with Gasteiger partial charge in [0.15, 0.2) is 0 Å². The first-order chi connectivity index (χ1) is 15.8. The molecule has 7 nitrogen and oxygen atoms in total. The molecule has 0 atom stereocenters. The lowest BCUT2D eigenvalue weighted by Gasteiger charge is -2.34. The number of carbonyl (C=O) groups excluding carboxylic acids is 1. The third kappa shape index (κ3) is 5.75. The Morgan fingerprint density at radius 2 is 1.79 bits per heavy atom. The summed E-state index contributed by atoms with van der Waals surface area (Å²) in [5.41, 5.74) is 1.24. The summed E-state index contributed by atoms with van der Waals surface area (Å²) in [6.07, 6.45) is -2.02. The van der Waals surface area contributed by atoms with Crippen LogP contribution in [0.5, 0.6) is 0 Å². The van der Waals surface area contributed by atoms with E-state index in [0.29, 0.717) is 44.3 Å². The lowest BCUT2D eigenvalue weighted by atomic mass is 10.1. The van der Waals surface area contributed by atoms with Gasteiger partial charge in [0.1, 0.15) is 5.69 Å². The highest BCUT2D eigenvalue weighted by Gasteiger charge is 2.32. The van der Waals surface area contributed by atoms with Crippen molar-refractivity contribution in [3.05, 3.63) is 65.3 Å². The Kier molecular flexibility index (Phi) is 6.73. The SMILES string of the molecule is Cc1ccc(-c2noc(CCCN3CCN(C(=O)c4ccc(C(F)(F)F)nc4)CC3)n2)cc1. The number of pyridine rings is 1. The molecule has 0 aliphatic carbocycles. The first-order valence-corrected chi connectivity index (χ1v) is 10.7. The number of amides is 1. The molecule has 3 heterocycles. The molecule has 2 aromatic heterocycles. The Balaban J connectivity index is 1.21. The fourth-order valence-electron chi connectivity index (χ4n) is 3.68. The molecule has 33 heavy (non-hydrogen) atoms. The molecule has 0 spiro atoms. The van der Waals surface area contributed by atoms with Crippen LogP contribution in [0, 0.1) is 6.92 Å². The molecule has 1 saturated heterocycles. The Bertz CT molecular complexity index is 1070. The van der Waals surface area contributed by atoms with Gasteiger partial charge in [-0.25, -0.2) is 0 Å². The Hall–Kier alpha value is -3.27. The molecule has 0 radical (unpaired) electrons. The topological polar surface area (TPSA) is 75.4 Å². The molecule has 0 unspecified atom stereocenters. The molecule has 0 saturated carbocycles. The van der Waals surface area contributed by atoms with E-state index in [0.717, 1.165) is 30.8 Å². The largest absolute Gasteiger partial charge is 0.433 e. The zero-order chi connectivity index (χ0) is 23.4. The first kappa shape index (κ1) is 22.9. The fourth-order valence-corrected chi connectivity index (χ4v) is 3.68. The number of carbonyl (C=O) groups is 1. The summed E-state index contributed by atoms with van der Waals surface area (Å²) in [6, 6.07) is 9.95. The molecule has 4 rings (SSSR count). The van der Waals surface area contributed by atoms with Gasteiger partial charge in [-0.15, -0.1) is 0 Å². The lowest BCUT2D eigenvalue weighted by Crippen LogP contribution is -2.48. The zero-order valence-corrected chi connectivity index (χ0v) is 18.2. The van der Waals surface area contributed by atoms with Crippen LogP contribution >= 0.6 is 0 Å². The van der Waals surface area contributed by atoms with Crippen molar-refractivity contribution in [1.82, 2.24) is 24.9 Å². The number of hydrogen-bond donors (Lipinski definition) is 0. The first-order valence-electron chi connectivity index (χ1n) is 10.7. The smallest absolute Gasteiger partial charge is 0.339 e. The average Bonchev–Trinajstić information content (AvgIpc) is 3.28. The molecule has 1 aliphatic heterocycles. The number of benzene rings is 1. The summed E-state index contributed by atoms with van der Waals surface area (Å²) in [6.45, 7) is 5.26. The van der Waals surface area contributed by atoms with Crippen molar-refractivity contribution in [2.24, 2.45) is 0 Å². The van der Waals surface area contributed by atoms with Gasteiger partial charge in [0.05, 0.1) is 5.56 Å². The van der Waals surface area contributed by atoms with Crippen LogP contribution in [-0.2, 0) is 12.6 Å². The third-order valence-corrected chi connectivity index (χ3v) is 5.60. The second-order valence-electron chi connectivity index (χ2n) is 8.05. The minimum absolute atomic E-state index is 0.164. The van der Waals surface area contributed by atoms with E-state index < -0.39 is 11.9 Å². The number of halogens is 3. The number of aryl methyl sites for hydroxylation is 2. The molecule has 3 aromatic rings. The molecular formula is C23H24F3N5O2. The van der Waals surface area contributed by atoms with Gasteiger partial charge in [0, 0.05) is 44.4 Å². The van der Waals surface area contributed by atoms with E-state index in [1.165, 1.54) is 11.6 Å². The second-order valence-corrected chi connectivity index (χ2v) is 8.05. The van der Waals surface area contributed by atoms with Crippen molar-refractivity contribution in [3.63, 3.8) is 0 Å². The van der Waals surface area contributed by atoms with E-state index in [2.05, 4.69) is 20.0 Å². The molecular weight excluding hydrogens is 435 g/mol. The highest BCUT2D eigenvalue weighted by molar-refractivity contribution is 5.94. The fraction of sp³-hybridized carbons (Fsp3) is 0.391. The lowest BCUT2D eigenvalue weighted by molar-refractivity contribution is -0.141. The van der Waals surface area contributed by atoms with Gasteiger partial charge in [-0.05, 0) is 32.0 Å². The predicted molar refractivity (Wildman–Crippen MR) is 114 cm³/mol. The van der Waals surface area contributed by atoms with E-state index in [1.54, 1.807) is 4.90 Å². The predicted octanol–water partition coefficient (Wildman–Crippen LogP) is 3.85. The minimum atomic E-state index is -4.52. The Labute approximate surface area is 189 Å². The van der Waals surface area contributed by atoms with Gasteiger partial charge in [-0.2, -0.15) is 18.2 Å². The van der Waals surface area contributed by atoms with Crippen molar-refractivity contribution < 1.29 is 22.5 Å². The number of nitrogens with zero attached hydrogens (tertiary/aromatic N) is 5. The summed E-state index contributed by atoms with van der Waals surface area (Å²) in [5.74, 6) is 0.870. The van der Waals surface area contributed by atoms with Crippen LogP contribution in [0.1, 0.15) is 33.9 Å². The van der Waals surface area contributed by atoms with Gasteiger partial charge in [0.2, 0.25) is 11.7 Å². The van der Waals surface area contributed by atoms with Crippen molar-refractivity contribution in [3.8, 4) is 11.4 Å². The standard InChI is InChI=1S/C23H24F3N5O2/c1-16-4-6-17(7-5-16)21-28-20(33-29-21)3-2-10-30-11-13-31(14-12-30)22(32)18-8-9-19(27-15-18)23(24,25)26/h4-9,15H,2-3,10-14H2,1H3. The number of hydrogen-bond acceptors (Lipinski definition) is 6. The summed E-state index contributed by atoms with van der Waals surface area (Å²) in [4.78, 5) is 24.3. The van der Waals surface area contributed by atoms with E-state index in [4.69, 9.17) is 4.52 Å². The van der Waals surface area contributed by atoms with Crippen LogP contribution < -0.4 is 0 Å². The highest BCUT2D eigenvalue weighted by Crippen LogP contribution is 2.27. The summed E-state index contributed by atoms with van der Waals surface area (Å²) in [7, 11) is 0. The van der Waals surface area contributed by atoms with Crippen LogP contribution in [0.3, 0.4) is 0 Å². The van der Waals surface area contributed by atoms with Gasteiger partial charge in [0.25, 0.3) is 5.91 Å². The van der Waals surface area contributed by atoms with Crippen molar-refractivity contribution in [1.29, 1.82) is 0 Å². The molecule has 1 aromatic carbocycles. The summed E-state index contributed by atoms with van der Waals surface area (Å²) < 4.78 is 43.3. The molecule has 0 bridgehead atoms. The third-order valence-electron chi connectivity index (χ3n) is 5.60. The quantitative estimate of drug-likeness (QED) is 0.558. The molecule has 0 N–H and O–H groups in total. The number of rotatable bonds is 6.